The highest BCUT2D eigenvalue weighted by molar-refractivity contribution is 5.82. The molecule has 0 spiro atoms. The van der Waals surface area contributed by atoms with Gasteiger partial charge in [-0.1, -0.05) is 26.0 Å². The number of benzene rings is 1. The molecule has 4 N–H and O–H groups in total. The fraction of sp³-hybridized carbons (Fsp3) is 0.529. The topological polar surface area (TPSA) is 99.7 Å². The molecule has 0 aliphatic carbocycles. The van der Waals surface area contributed by atoms with E-state index in [0.717, 1.165) is 12.0 Å². The molecule has 2 rings (SSSR count). The number of hydrogen-bond acceptors (Lipinski definition) is 5. The Labute approximate surface area is 141 Å². The van der Waals surface area contributed by atoms with Crippen LogP contribution in [0.1, 0.15) is 25.8 Å². The van der Waals surface area contributed by atoms with Crippen molar-refractivity contribution in [3.05, 3.63) is 29.8 Å². The Morgan fingerprint density at radius 1 is 1.29 bits per heavy atom. The summed E-state index contributed by atoms with van der Waals surface area (Å²) in [7, 11) is 0. The van der Waals surface area contributed by atoms with Gasteiger partial charge >= 0.3 is 5.97 Å². The highest BCUT2D eigenvalue weighted by Gasteiger charge is 2.30. The summed E-state index contributed by atoms with van der Waals surface area (Å²) in [6.45, 7) is 4.46. The Balaban J connectivity index is 1.70. The zero-order valence-electron chi connectivity index (χ0n) is 14.0. The van der Waals surface area contributed by atoms with Gasteiger partial charge in [-0.25, -0.2) is 10.2 Å². The summed E-state index contributed by atoms with van der Waals surface area (Å²) in [6, 6.07) is 7.33. The summed E-state index contributed by atoms with van der Waals surface area (Å²) in [5, 5.41) is 11.5. The van der Waals surface area contributed by atoms with Gasteiger partial charge in [-0.3, -0.25) is 10.2 Å². The number of carbonyl (C=O) groups is 2. The lowest BCUT2D eigenvalue weighted by atomic mass is 9.99. The van der Waals surface area contributed by atoms with Crippen molar-refractivity contribution in [3.8, 4) is 5.75 Å². The van der Waals surface area contributed by atoms with Crippen LogP contribution in [-0.2, 0) is 16.0 Å². The van der Waals surface area contributed by atoms with E-state index in [9.17, 15) is 9.59 Å². The fourth-order valence-electron chi connectivity index (χ4n) is 2.54. The number of ether oxygens (including phenoxy) is 1. The average molecular weight is 335 g/mol. The van der Waals surface area contributed by atoms with Crippen LogP contribution in [0.25, 0.3) is 0 Å². The molecular formula is C17H25N3O4. The van der Waals surface area contributed by atoms with Crippen LogP contribution in [0.5, 0.6) is 5.75 Å². The van der Waals surface area contributed by atoms with Crippen molar-refractivity contribution in [2.24, 2.45) is 5.92 Å². The van der Waals surface area contributed by atoms with Gasteiger partial charge in [-0.2, -0.15) is 0 Å². The maximum atomic E-state index is 12.1. The SMILES string of the molecule is CC(C)C1CC(C(=O)NCCc2ccc(OCC(=O)O)cc2)NN1. The van der Waals surface area contributed by atoms with Crippen LogP contribution in [-0.4, -0.2) is 42.2 Å². The third kappa shape index (κ3) is 5.50. The van der Waals surface area contributed by atoms with Crippen LogP contribution < -0.4 is 20.9 Å². The van der Waals surface area contributed by atoms with Crippen molar-refractivity contribution in [1.82, 2.24) is 16.2 Å². The summed E-state index contributed by atoms with van der Waals surface area (Å²) < 4.78 is 5.08. The molecule has 0 aromatic heterocycles. The highest BCUT2D eigenvalue weighted by atomic mass is 16.5. The molecule has 1 aliphatic rings. The number of amides is 1. The normalized spacial score (nSPS) is 20.1. The van der Waals surface area contributed by atoms with Gasteiger partial charge < -0.3 is 15.2 Å². The van der Waals surface area contributed by atoms with Crippen molar-refractivity contribution in [1.29, 1.82) is 0 Å². The molecule has 0 bridgehead atoms. The number of carbonyl (C=O) groups excluding carboxylic acids is 1. The molecule has 132 valence electrons. The van der Waals surface area contributed by atoms with Crippen LogP contribution in [0.15, 0.2) is 24.3 Å². The van der Waals surface area contributed by atoms with E-state index in [1.165, 1.54) is 0 Å². The van der Waals surface area contributed by atoms with Gasteiger partial charge in [-0.15, -0.1) is 0 Å². The van der Waals surface area contributed by atoms with Crippen molar-refractivity contribution >= 4 is 11.9 Å². The first-order valence-corrected chi connectivity index (χ1v) is 8.18. The number of aliphatic carboxylic acids is 1. The predicted molar refractivity (Wildman–Crippen MR) is 89.6 cm³/mol. The van der Waals surface area contributed by atoms with Gasteiger partial charge in [0, 0.05) is 12.6 Å². The molecule has 0 radical (unpaired) electrons. The Morgan fingerprint density at radius 3 is 2.58 bits per heavy atom. The summed E-state index contributed by atoms with van der Waals surface area (Å²) in [6.07, 6.45) is 1.50. The van der Waals surface area contributed by atoms with Crippen molar-refractivity contribution in [2.45, 2.75) is 38.8 Å². The molecule has 1 amide bonds. The maximum absolute atomic E-state index is 12.1. The Hall–Kier alpha value is -2.12. The van der Waals surface area contributed by atoms with E-state index in [4.69, 9.17) is 9.84 Å². The van der Waals surface area contributed by atoms with Crippen LogP contribution in [0.4, 0.5) is 0 Å². The van der Waals surface area contributed by atoms with E-state index in [-0.39, 0.29) is 18.6 Å². The van der Waals surface area contributed by atoms with Gasteiger partial charge in [0.1, 0.15) is 11.8 Å². The number of nitrogens with one attached hydrogen (secondary N) is 3. The third-order valence-corrected chi connectivity index (χ3v) is 4.05. The largest absolute Gasteiger partial charge is 0.482 e. The minimum atomic E-state index is -1.00. The lowest BCUT2D eigenvalue weighted by molar-refractivity contribution is -0.139. The first kappa shape index (κ1) is 18.2. The summed E-state index contributed by atoms with van der Waals surface area (Å²) >= 11 is 0. The molecule has 2 atom stereocenters. The van der Waals surface area contributed by atoms with Crippen molar-refractivity contribution < 1.29 is 19.4 Å². The minimum absolute atomic E-state index is 0.00654. The van der Waals surface area contributed by atoms with E-state index in [2.05, 4.69) is 30.0 Å². The number of hydrazine groups is 1. The monoisotopic (exact) mass is 335 g/mol. The molecule has 7 nitrogen and oxygen atoms in total. The molecule has 24 heavy (non-hydrogen) atoms. The summed E-state index contributed by atoms with van der Waals surface area (Å²) in [5.74, 6) is 0.00636. The van der Waals surface area contributed by atoms with Crippen LogP contribution >= 0.6 is 0 Å². The van der Waals surface area contributed by atoms with Crippen LogP contribution in [0.2, 0.25) is 0 Å². The molecule has 1 fully saturated rings. The zero-order valence-corrected chi connectivity index (χ0v) is 14.0. The first-order chi connectivity index (χ1) is 11.5. The molecule has 1 aromatic rings. The van der Waals surface area contributed by atoms with Gasteiger partial charge in [0.2, 0.25) is 5.91 Å². The Bertz CT molecular complexity index is 559. The van der Waals surface area contributed by atoms with Crippen molar-refractivity contribution in [2.75, 3.05) is 13.2 Å². The first-order valence-electron chi connectivity index (χ1n) is 8.18. The van der Waals surface area contributed by atoms with Gasteiger partial charge in [-0.05, 0) is 36.5 Å². The van der Waals surface area contributed by atoms with E-state index < -0.39 is 5.97 Å². The zero-order chi connectivity index (χ0) is 17.5. The van der Waals surface area contributed by atoms with Gasteiger partial charge in [0.15, 0.2) is 6.61 Å². The van der Waals surface area contributed by atoms with E-state index in [1.807, 2.05) is 12.1 Å². The lowest BCUT2D eigenvalue weighted by Crippen LogP contribution is -2.44. The smallest absolute Gasteiger partial charge is 0.341 e. The minimum Gasteiger partial charge on any atom is -0.482 e. The Kier molecular flexibility index (Phi) is 6.57. The lowest BCUT2D eigenvalue weighted by Gasteiger charge is -2.13. The van der Waals surface area contributed by atoms with Crippen LogP contribution in [0.3, 0.4) is 0 Å². The number of rotatable bonds is 8. The molecule has 1 aromatic carbocycles. The standard InChI is InChI=1S/C17H25N3O4/c1-11(2)14-9-15(20-19-14)17(23)18-8-7-12-3-5-13(6-4-12)24-10-16(21)22/h3-6,11,14-15,19-20H,7-10H2,1-2H3,(H,18,23)(H,21,22). The highest BCUT2D eigenvalue weighted by Crippen LogP contribution is 2.14. The quantitative estimate of drug-likeness (QED) is 0.558. The molecule has 1 heterocycles. The summed E-state index contributed by atoms with van der Waals surface area (Å²) in [5.41, 5.74) is 7.25. The molecule has 2 unspecified atom stereocenters. The predicted octanol–water partition coefficient (Wildman–Crippen LogP) is 0.700. The second-order valence-corrected chi connectivity index (χ2v) is 6.29. The van der Waals surface area contributed by atoms with Crippen molar-refractivity contribution in [3.63, 3.8) is 0 Å². The van der Waals surface area contributed by atoms with E-state index in [1.54, 1.807) is 12.1 Å². The Morgan fingerprint density at radius 2 is 2.00 bits per heavy atom. The maximum Gasteiger partial charge on any atom is 0.341 e. The molecule has 7 heteroatoms. The second-order valence-electron chi connectivity index (χ2n) is 6.29. The van der Waals surface area contributed by atoms with Gasteiger partial charge in [0.05, 0.1) is 0 Å². The molecular weight excluding hydrogens is 310 g/mol. The van der Waals surface area contributed by atoms with E-state index in [0.29, 0.717) is 30.7 Å². The third-order valence-electron chi connectivity index (χ3n) is 4.05. The molecule has 1 aliphatic heterocycles. The van der Waals surface area contributed by atoms with E-state index >= 15 is 0 Å². The average Bonchev–Trinajstić information content (AvgIpc) is 3.04. The second kappa shape index (κ2) is 8.65. The van der Waals surface area contributed by atoms with Gasteiger partial charge in [0.25, 0.3) is 0 Å². The summed E-state index contributed by atoms with van der Waals surface area (Å²) in [4.78, 5) is 22.6. The number of hydrogen-bond donors (Lipinski definition) is 4. The number of carboxylic acid groups (broad SMARTS) is 1. The fourth-order valence-corrected chi connectivity index (χ4v) is 2.54. The molecule has 0 saturated carbocycles. The molecule has 1 saturated heterocycles. The van der Waals surface area contributed by atoms with Crippen LogP contribution in [0, 0.1) is 5.92 Å². The number of carboxylic acids is 1.